The Labute approximate surface area is 159 Å². The molecule has 0 aliphatic carbocycles. The van der Waals surface area contributed by atoms with Gasteiger partial charge in [0.2, 0.25) is 11.8 Å². The Morgan fingerprint density at radius 1 is 1.12 bits per heavy atom. The molecule has 142 valence electrons. The van der Waals surface area contributed by atoms with Gasteiger partial charge in [-0.15, -0.1) is 24.8 Å². The maximum Gasteiger partial charge on any atom is 0.252 e. The molecule has 0 aliphatic rings. The molecule has 1 rings (SSSR count). The average Bonchev–Trinajstić information content (AvgIpc) is 2.56. The minimum absolute atomic E-state index is 0. The Kier molecular flexibility index (Phi) is 13.6. The molecule has 1 aromatic rings. The molecule has 0 bridgehead atoms. The molecular formula is C15H25Cl2N5O3. The first-order valence-electron chi connectivity index (χ1n) is 7.40. The molecule has 0 aromatic carbocycles. The Morgan fingerprint density at radius 3 is 2.32 bits per heavy atom. The fourth-order valence-electron chi connectivity index (χ4n) is 1.63. The molecule has 25 heavy (non-hydrogen) atoms. The smallest absolute Gasteiger partial charge is 0.252 e. The van der Waals surface area contributed by atoms with Crippen LogP contribution in [0.2, 0.25) is 0 Å². The summed E-state index contributed by atoms with van der Waals surface area (Å²) in [5, 5.41) is 7.71. The number of nitrogens with zero attached hydrogens (tertiary/aromatic N) is 1. The fourth-order valence-corrected chi connectivity index (χ4v) is 1.63. The number of aromatic nitrogens is 1. The Hall–Kier alpha value is -1.90. The predicted octanol–water partition coefficient (Wildman–Crippen LogP) is -0.129. The van der Waals surface area contributed by atoms with Crippen LogP contribution < -0.4 is 21.7 Å². The van der Waals surface area contributed by atoms with Gasteiger partial charge in [-0.25, -0.2) is 0 Å². The largest absolute Gasteiger partial charge is 0.353 e. The monoisotopic (exact) mass is 393 g/mol. The molecule has 0 spiro atoms. The van der Waals surface area contributed by atoms with E-state index >= 15 is 0 Å². The number of nitrogens with two attached hydrogens (primary N) is 1. The standard InChI is InChI=1S/C15H23N5O3.2ClH/c1-10(2)13(16)15(23)20-9-12(21)18-6-7-19-14(22)11-4-3-5-17-8-11;;/h3-5,8,10,13H,6-7,9,16H2,1-2H3,(H,18,21)(H,19,22)(H,20,23);2*1H/t13-;;/m0../s1. The molecule has 3 amide bonds. The molecule has 0 saturated heterocycles. The van der Waals surface area contributed by atoms with E-state index in [0.717, 1.165) is 0 Å². The van der Waals surface area contributed by atoms with Crippen molar-refractivity contribution in [3.05, 3.63) is 30.1 Å². The molecule has 8 nitrogen and oxygen atoms in total. The molecule has 0 aliphatic heterocycles. The van der Waals surface area contributed by atoms with Crippen LogP contribution in [0.4, 0.5) is 0 Å². The highest BCUT2D eigenvalue weighted by molar-refractivity contribution is 5.93. The van der Waals surface area contributed by atoms with Crippen LogP contribution in [-0.4, -0.2) is 48.4 Å². The van der Waals surface area contributed by atoms with Crippen molar-refractivity contribution in [2.75, 3.05) is 19.6 Å². The van der Waals surface area contributed by atoms with Crippen molar-refractivity contribution in [1.82, 2.24) is 20.9 Å². The second kappa shape index (κ2) is 13.4. The van der Waals surface area contributed by atoms with Crippen LogP contribution >= 0.6 is 24.8 Å². The minimum atomic E-state index is -0.637. The third kappa shape index (κ3) is 9.85. The van der Waals surface area contributed by atoms with Crippen LogP contribution in [0.15, 0.2) is 24.5 Å². The van der Waals surface area contributed by atoms with Gasteiger partial charge in [0.25, 0.3) is 5.91 Å². The summed E-state index contributed by atoms with van der Waals surface area (Å²) in [7, 11) is 0. The third-order valence-corrected chi connectivity index (χ3v) is 3.10. The van der Waals surface area contributed by atoms with Gasteiger partial charge in [0, 0.05) is 25.5 Å². The summed E-state index contributed by atoms with van der Waals surface area (Å²) < 4.78 is 0. The van der Waals surface area contributed by atoms with E-state index in [1.807, 2.05) is 13.8 Å². The van der Waals surface area contributed by atoms with Gasteiger partial charge in [0.1, 0.15) is 0 Å². The lowest BCUT2D eigenvalue weighted by Gasteiger charge is -2.15. The van der Waals surface area contributed by atoms with E-state index in [2.05, 4.69) is 20.9 Å². The predicted molar refractivity (Wildman–Crippen MR) is 99.9 cm³/mol. The van der Waals surface area contributed by atoms with E-state index in [1.165, 1.54) is 6.20 Å². The van der Waals surface area contributed by atoms with Crippen LogP contribution in [0.25, 0.3) is 0 Å². The molecule has 1 aromatic heterocycles. The van der Waals surface area contributed by atoms with Crippen LogP contribution in [-0.2, 0) is 9.59 Å². The normalized spacial score (nSPS) is 10.7. The van der Waals surface area contributed by atoms with Gasteiger partial charge >= 0.3 is 0 Å². The summed E-state index contributed by atoms with van der Waals surface area (Å²) in [6.45, 7) is 4.05. The number of amides is 3. The van der Waals surface area contributed by atoms with Gasteiger partial charge in [-0.3, -0.25) is 19.4 Å². The van der Waals surface area contributed by atoms with E-state index < -0.39 is 6.04 Å². The van der Waals surface area contributed by atoms with E-state index in [9.17, 15) is 14.4 Å². The zero-order valence-electron chi connectivity index (χ0n) is 14.2. The summed E-state index contributed by atoms with van der Waals surface area (Å²) in [5.74, 6) is -0.964. The molecule has 0 saturated carbocycles. The maximum absolute atomic E-state index is 11.7. The lowest BCUT2D eigenvalue weighted by atomic mass is 10.1. The van der Waals surface area contributed by atoms with Crippen molar-refractivity contribution < 1.29 is 14.4 Å². The van der Waals surface area contributed by atoms with Crippen molar-refractivity contribution in [3.63, 3.8) is 0 Å². The van der Waals surface area contributed by atoms with Gasteiger partial charge in [-0.05, 0) is 18.1 Å². The van der Waals surface area contributed by atoms with E-state index in [-0.39, 0.29) is 68.1 Å². The SMILES string of the molecule is CC(C)[C@H](N)C(=O)NCC(=O)NCCNC(=O)c1cccnc1.Cl.Cl. The van der Waals surface area contributed by atoms with Crippen LogP contribution in [0, 0.1) is 5.92 Å². The molecule has 1 heterocycles. The van der Waals surface area contributed by atoms with E-state index in [4.69, 9.17) is 5.73 Å². The second-order valence-corrected chi connectivity index (χ2v) is 5.34. The van der Waals surface area contributed by atoms with Crippen molar-refractivity contribution in [2.24, 2.45) is 11.7 Å². The lowest BCUT2D eigenvalue weighted by molar-refractivity contribution is -0.127. The molecule has 0 fully saturated rings. The molecule has 1 atom stereocenters. The first kappa shape index (κ1) is 25.3. The summed E-state index contributed by atoms with van der Waals surface area (Å²) in [6.07, 6.45) is 3.04. The molecule has 0 unspecified atom stereocenters. The first-order chi connectivity index (χ1) is 10.9. The summed E-state index contributed by atoms with van der Waals surface area (Å²) in [4.78, 5) is 38.7. The van der Waals surface area contributed by atoms with Crippen molar-refractivity contribution in [3.8, 4) is 0 Å². The lowest BCUT2D eigenvalue weighted by Crippen LogP contribution is -2.47. The zero-order valence-corrected chi connectivity index (χ0v) is 15.8. The quantitative estimate of drug-likeness (QED) is 0.457. The Balaban J connectivity index is 0. The number of rotatable bonds is 8. The number of hydrogen-bond donors (Lipinski definition) is 4. The Bertz CT molecular complexity index is 543. The molecule has 0 radical (unpaired) electrons. The topological polar surface area (TPSA) is 126 Å². The van der Waals surface area contributed by atoms with Crippen LogP contribution in [0.3, 0.4) is 0 Å². The number of halogens is 2. The number of carbonyl (C=O) groups excluding carboxylic acids is 3. The number of carbonyl (C=O) groups is 3. The van der Waals surface area contributed by atoms with Gasteiger partial charge in [0.05, 0.1) is 18.2 Å². The van der Waals surface area contributed by atoms with Crippen molar-refractivity contribution >= 4 is 42.5 Å². The van der Waals surface area contributed by atoms with Gasteiger partial charge in [0.15, 0.2) is 0 Å². The first-order valence-corrected chi connectivity index (χ1v) is 7.40. The zero-order chi connectivity index (χ0) is 17.2. The van der Waals surface area contributed by atoms with Crippen LogP contribution in [0.5, 0.6) is 0 Å². The third-order valence-electron chi connectivity index (χ3n) is 3.10. The highest BCUT2D eigenvalue weighted by Crippen LogP contribution is 1.97. The van der Waals surface area contributed by atoms with Crippen molar-refractivity contribution in [1.29, 1.82) is 0 Å². The number of hydrogen-bond acceptors (Lipinski definition) is 5. The molecular weight excluding hydrogens is 369 g/mol. The van der Waals surface area contributed by atoms with Crippen molar-refractivity contribution in [2.45, 2.75) is 19.9 Å². The highest BCUT2D eigenvalue weighted by atomic mass is 35.5. The molecule has 10 heteroatoms. The maximum atomic E-state index is 11.7. The molecule has 5 N–H and O–H groups in total. The van der Waals surface area contributed by atoms with Crippen LogP contribution in [0.1, 0.15) is 24.2 Å². The second-order valence-electron chi connectivity index (χ2n) is 5.34. The van der Waals surface area contributed by atoms with Gasteiger partial charge in [-0.2, -0.15) is 0 Å². The van der Waals surface area contributed by atoms with Gasteiger partial charge in [-0.1, -0.05) is 13.8 Å². The fraction of sp³-hybridized carbons (Fsp3) is 0.467. The average molecular weight is 394 g/mol. The summed E-state index contributed by atoms with van der Waals surface area (Å²) in [6, 6.07) is 2.68. The minimum Gasteiger partial charge on any atom is -0.353 e. The summed E-state index contributed by atoms with van der Waals surface area (Å²) in [5.41, 5.74) is 6.11. The van der Waals surface area contributed by atoms with E-state index in [1.54, 1.807) is 18.3 Å². The van der Waals surface area contributed by atoms with E-state index in [0.29, 0.717) is 5.56 Å². The summed E-state index contributed by atoms with van der Waals surface area (Å²) >= 11 is 0. The number of pyridine rings is 1. The number of nitrogens with one attached hydrogen (secondary N) is 3. The van der Waals surface area contributed by atoms with Gasteiger partial charge < -0.3 is 21.7 Å². The Morgan fingerprint density at radius 2 is 1.76 bits per heavy atom. The highest BCUT2D eigenvalue weighted by Gasteiger charge is 2.17.